The molecule has 0 aliphatic rings. The lowest BCUT2D eigenvalue weighted by atomic mass is 9.74. The van der Waals surface area contributed by atoms with Gasteiger partial charge in [-0.15, -0.1) is 0 Å². The Bertz CT molecular complexity index is 2170. The molecular weight excluding hydrogens is 632 g/mol. The van der Waals surface area contributed by atoms with Crippen LogP contribution < -0.4 is 0 Å². The van der Waals surface area contributed by atoms with Crippen LogP contribution in [0.2, 0.25) is 0 Å². The molecule has 0 heterocycles. The van der Waals surface area contributed by atoms with E-state index in [1.807, 2.05) is 0 Å². The van der Waals surface area contributed by atoms with Crippen LogP contribution in [0.3, 0.4) is 0 Å². The molecule has 7 aromatic rings. The van der Waals surface area contributed by atoms with E-state index in [1.165, 1.54) is 89.0 Å². The fraction of sp³-hybridized carbons (Fsp3) is 0.0870. The summed E-state index contributed by atoms with van der Waals surface area (Å²) in [7, 11) is 0. The van der Waals surface area contributed by atoms with Crippen molar-refractivity contribution >= 4 is 15.9 Å². The van der Waals surface area contributed by atoms with Crippen molar-refractivity contribution in [2.75, 3.05) is 0 Å². The topological polar surface area (TPSA) is 0 Å². The molecule has 0 nitrogen and oxygen atoms in total. The second kappa shape index (κ2) is 13.0. The summed E-state index contributed by atoms with van der Waals surface area (Å²) in [6, 6.07) is 55.9. The molecule has 0 aliphatic carbocycles. The molecule has 228 valence electrons. The summed E-state index contributed by atoms with van der Waals surface area (Å²) in [5.41, 5.74) is 19.5. The number of rotatable bonds is 6. The van der Waals surface area contributed by atoms with Crippen molar-refractivity contribution in [1.29, 1.82) is 0 Å². The molecule has 0 radical (unpaired) electrons. The molecule has 0 saturated carbocycles. The zero-order valence-corrected chi connectivity index (χ0v) is 28.9. The molecule has 0 fully saturated rings. The average molecular weight is 670 g/mol. The summed E-state index contributed by atoms with van der Waals surface area (Å²) in [6.45, 7) is 8.64. The third-order valence-electron chi connectivity index (χ3n) is 9.07. The minimum Gasteiger partial charge on any atom is -0.0622 e. The van der Waals surface area contributed by atoms with E-state index in [0.29, 0.717) is 0 Å². The summed E-state index contributed by atoms with van der Waals surface area (Å²) in [5.74, 6) is 0. The first kappa shape index (κ1) is 30.7. The number of aryl methyl sites for hydroxylation is 4. The number of hydrogen-bond acceptors (Lipinski definition) is 0. The van der Waals surface area contributed by atoms with Gasteiger partial charge in [0.25, 0.3) is 0 Å². The Balaban J connectivity index is 1.82. The van der Waals surface area contributed by atoms with Crippen molar-refractivity contribution in [3.63, 3.8) is 0 Å². The van der Waals surface area contributed by atoms with Crippen LogP contribution >= 0.6 is 15.9 Å². The van der Waals surface area contributed by atoms with Gasteiger partial charge in [0.05, 0.1) is 0 Å². The van der Waals surface area contributed by atoms with Crippen molar-refractivity contribution in [3.8, 4) is 66.8 Å². The van der Waals surface area contributed by atoms with E-state index in [1.54, 1.807) is 0 Å². The van der Waals surface area contributed by atoms with Gasteiger partial charge in [0, 0.05) is 4.47 Å². The molecular formula is C46H37Br. The van der Waals surface area contributed by atoms with Crippen molar-refractivity contribution in [1.82, 2.24) is 0 Å². The Kier molecular flexibility index (Phi) is 8.50. The summed E-state index contributed by atoms with van der Waals surface area (Å²) in [4.78, 5) is 0. The minimum absolute atomic E-state index is 1.07. The van der Waals surface area contributed by atoms with Gasteiger partial charge < -0.3 is 0 Å². The van der Waals surface area contributed by atoms with Crippen molar-refractivity contribution in [2.24, 2.45) is 0 Å². The zero-order chi connectivity index (χ0) is 32.5. The molecule has 0 bridgehead atoms. The predicted octanol–water partition coefficient (Wildman–Crippen LogP) is 13.7. The smallest absolute Gasteiger partial charge is 0.0254 e. The first-order valence-electron chi connectivity index (χ1n) is 16.2. The van der Waals surface area contributed by atoms with Crippen LogP contribution in [0.4, 0.5) is 0 Å². The van der Waals surface area contributed by atoms with E-state index in [0.717, 1.165) is 4.47 Å². The molecule has 0 atom stereocenters. The Morgan fingerprint density at radius 2 is 0.553 bits per heavy atom. The van der Waals surface area contributed by atoms with E-state index in [-0.39, 0.29) is 0 Å². The number of halogens is 1. The lowest BCUT2D eigenvalue weighted by Crippen LogP contribution is -2.02. The average Bonchev–Trinajstić information content (AvgIpc) is 3.09. The van der Waals surface area contributed by atoms with E-state index in [9.17, 15) is 0 Å². The van der Waals surface area contributed by atoms with Gasteiger partial charge in [0.2, 0.25) is 0 Å². The van der Waals surface area contributed by atoms with Crippen LogP contribution in [0.1, 0.15) is 22.3 Å². The molecule has 0 aromatic heterocycles. The maximum atomic E-state index is 4.01. The fourth-order valence-corrected chi connectivity index (χ4v) is 7.10. The van der Waals surface area contributed by atoms with E-state index < -0.39 is 0 Å². The summed E-state index contributed by atoms with van der Waals surface area (Å²) in [6.07, 6.45) is 0. The van der Waals surface area contributed by atoms with Crippen LogP contribution in [0.25, 0.3) is 66.8 Å². The van der Waals surface area contributed by atoms with E-state index in [4.69, 9.17) is 0 Å². The second-order valence-corrected chi connectivity index (χ2v) is 13.4. The SMILES string of the molecule is Cc1ccc(-c2c(-c3ccc(C)cc3)c(-c3ccccc3)c(-c3ccccc3Br)c(-c3ccc(C)cc3)c2-c2ccc(C)cc2)cc1. The Morgan fingerprint density at radius 3 is 0.894 bits per heavy atom. The second-order valence-electron chi connectivity index (χ2n) is 12.6. The minimum atomic E-state index is 1.07. The molecule has 0 amide bonds. The number of benzene rings is 7. The summed E-state index contributed by atoms with van der Waals surface area (Å²) in [5, 5.41) is 0. The van der Waals surface area contributed by atoms with E-state index >= 15 is 0 Å². The largest absolute Gasteiger partial charge is 0.0622 e. The third-order valence-corrected chi connectivity index (χ3v) is 9.76. The molecule has 47 heavy (non-hydrogen) atoms. The Labute approximate surface area is 287 Å². The quantitative estimate of drug-likeness (QED) is 0.165. The zero-order valence-electron chi connectivity index (χ0n) is 27.3. The molecule has 0 aliphatic heterocycles. The number of hydrogen-bond donors (Lipinski definition) is 0. The summed E-state index contributed by atoms with van der Waals surface area (Å²) < 4.78 is 1.07. The first-order valence-corrected chi connectivity index (χ1v) is 17.0. The van der Waals surface area contributed by atoms with Gasteiger partial charge in [-0.25, -0.2) is 0 Å². The lowest BCUT2D eigenvalue weighted by molar-refractivity contribution is 1.43. The maximum absolute atomic E-state index is 4.01. The van der Waals surface area contributed by atoms with Crippen molar-refractivity contribution in [2.45, 2.75) is 27.7 Å². The van der Waals surface area contributed by atoms with Crippen molar-refractivity contribution in [3.05, 3.63) is 178 Å². The van der Waals surface area contributed by atoms with Crippen molar-refractivity contribution < 1.29 is 0 Å². The van der Waals surface area contributed by atoms with Crippen LogP contribution in [-0.2, 0) is 0 Å². The highest BCUT2D eigenvalue weighted by Crippen LogP contribution is 2.56. The van der Waals surface area contributed by atoms with Gasteiger partial charge >= 0.3 is 0 Å². The molecule has 0 spiro atoms. The standard InChI is InChI=1S/C46H37Br/c1-30-14-22-35(23-15-30)41-42(36-24-16-31(2)17-25-36)44(34-10-6-5-7-11-34)46(39-12-8-9-13-40(39)47)45(38-28-20-33(4)21-29-38)43(41)37-26-18-32(3)19-27-37/h5-29H,1-4H3. The highest BCUT2D eigenvalue weighted by molar-refractivity contribution is 9.10. The third kappa shape index (κ3) is 6.00. The van der Waals surface area contributed by atoms with E-state index in [2.05, 4.69) is 195 Å². The highest BCUT2D eigenvalue weighted by atomic mass is 79.9. The van der Waals surface area contributed by atoms with Gasteiger partial charge in [-0.3, -0.25) is 0 Å². The van der Waals surface area contributed by atoms with Crippen LogP contribution in [0, 0.1) is 27.7 Å². The molecule has 7 rings (SSSR count). The van der Waals surface area contributed by atoms with Crippen LogP contribution in [0.5, 0.6) is 0 Å². The maximum Gasteiger partial charge on any atom is 0.0254 e. The lowest BCUT2D eigenvalue weighted by Gasteiger charge is -2.29. The fourth-order valence-electron chi connectivity index (χ4n) is 6.61. The molecule has 7 aromatic carbocycles. The molecule has 0 saturated heterocycles. The Hall–Kier alpha value is -4.98. The van der Waals surface area contributed by atoms with Crippen LogP contribution in [-0.4, -0.2) is 0 Å². The van der Waals surface area contributed by atoms with Gasteiger partial charge in [0.15, 0.2) is 0 Å². The van der Waals surface area contributed by atoms with Gasteiger partial charge in [-0.05, 0) is 101 Å². The predicted molar refractivity (Wildman–Crippen MR) is 206 cm³/mol. The molecule has 0 unspecified atom stereocenters. The van der Waals surface area contributed by atoms with Gasteiger partial charge in [-0.1, -0.05) is 184 Å². The normalized spacial score (nSPS) is 11.1. The molecule has 1 heteroatoms. The monoisotopic (exact) mass is 668 g/mol. The highest BCUT2D eigenvalue weighted by Gasteiger charge is 2.29. The van der Waals surface area contributed by atoms with Gasteiger partial charge in [-0.2, -0.15) is 0 Å². The Morgan fingerprint density at radius 1 is 0.277 bits per heavy atom. The van der Waals surface area contributed by atoms with Gasteiger partial charge in [0.1, 0.15) is 0 Å². The van der Waals surface area contributed by atoms with Crippen LogP contribution in [0.15, 0.2) is 156 Å². The molecule has 0 N–H and O–H groups in total. The first-order chi connectivity index (χ1) is 22.9. The summed E-state index contributed by atoms with van der Waals surface area (Å²) >= 11 is 4.01.